The summed E-state index contributed by atoms with van der Waals surface area (Å²) in [5.74, 6) is 1.12. The third-order valence-corrected chi connectivity index (χ3v) is 3.98. The van der Waals surface area contributed by atoms with Crippen molar-refractivity contribution in [1.82, 2.24) is 0 Å². The molecule has 0 aliphatic heterocycles. The predicted octanol–water partition coefficient (Wildman–Crippen LogP) is 4.77. The minimum absolute atomic E-state index is 0.217. The monoisotopic (exact) mass is 347 g/mol. The van der Waals surface area contributed by atoms with Crippen LogP contribution in [0.15, 0.2) is 78.9 Å². The Kier molecular flexibility index (Phi) is 5.54. The topological polar surface area (TPSA) is 47.6 Å². The Morgan fingerprint density at radius 2 is 1.54 bits per heavy atom. The molecule has 3 aromatic carbocycles. The smallest absolute Gasteiger partial charge is 0.265 e. The van der Waals surface area contributed by atoms with Gasteiger partial charge in [0.05, 0.1) is 7.11 Å². The second-order valence-corrected chi connectivity index (χ2v) is 5.87. The molecule has 0 bridgehead atoms. The molecule has 0 fully saturated rings. The van der Waals surface area contributed by atoms with E-state index in [0.29, 0.717) is 17.2 Å². The first kappa shape index (κ1) is 17.5. The molecule has 0 saturated heterocycles. The number of nitrogens with one attached hydrogen (secondary N) is 1. The van der Waals surface area contributed by atoms with Crippen molar-refractivity contribution in [3.05, 3.63) is 78.9 Å². The first-order chi connectivity index (χ1) is 12.7. The summed E-state index contributed by atoms with van der Waals surface area (Å²) in [5, 5.41) is 2.83. The number of benzene rings is 3. The number of carbonyl (C=O) groups is 1. The van der Waals surface area contributed by atoms with Crippen molar-refractivity contribution in [2.24, 2.45) is 0 Å². The van der Waals surface area contributed by atoms with E-state index in [9.17, 15) is 4.79 Å². The van der Waals surface area contributed by atoms with E-state index in [1.807, 2.05) is 60.7 Å². The fraction of sp³-hybridized carbons (Fsp3) is 0.136. The Morgan fingerprint density at radius 3 is 2.23 bits per heavy atom. The van der Waals surface area contributed by atoms with Crippen LogP contribution < -0.4 is 14.8 Å². The van der Waals surface area contributed by atoms with Gasteiger partial charge >= 0.3 is 0 Å². The number of rotatable bonds is 6. The van der Waals surface area contributed by atoms with Gasteiger partial charge in [-0.2, -0.15) is 0 Å². The van der Waals surface area contributed by atoms with Crippen LogP contribution in [0.3, 0.4) is 0 Å². The van der Waals surface area contributed by atoms with E-state index in [2.05, 4.69) is 17.4 Å². The second kappa shape index (κ2) is 8.21. The van der Waals surface area contributed by atoms with Gasteiger partial charge in [0, 0.05) is 11.8 Å². The third kappa shape index (κ3) is 4.42. The molecule has 3 aromatic rings. The van der Waals surface area contributed by atoms with E-state index in [1.54, 1.807) is 20.1 Å². The van der Waals surface area contributed by atoms with E-state index < -0.39 is 6.10 Å². The molecular weight excluding hydrogens is 326 g/mol. The van der Waals surface area contributed by atoms with Gasteiger partial charge < -0.3 is 14.8 Å². The molecule has 0 aliphatic rings. The van der Waals surface area contributed by atoms with Gasteiger partial charge in [-0.25, -0.2) is 0 Å². The summed E-state index contributed by atoms with van der Waals surface area (Å²) in [7, 11) is 1.59. The zero-order chi connectivity index (χ0) is 18.4. The molecule has 26 heavy (non-hydrogen) atoms. The minimum atomic E-state index is -0.622. The summed E-state index contributed by atoms with van der Waals surface area (Å²) in [6, 6.07) is 25.0. The quantitative estimate of drug-likeness (QED) is 0.699. The van der Waals surface area contributed by atoms with E-state index in [1.165, 1.54) is 0 Å². The standard InChI is InChI=1S/C22H21NO3/c1-16(22(24)23-19-9-6-10-21(15-19)25-2)26-20-13-11-18(12-14-20)17-7-4-3-5-8-17/h3-16H,1-2H3,(H,23,24). The number of carbonyl (C=O) groups excluding carboxylic acids is 1. The van der Waals surface area contributed by atoms with Gasteiger partial charge in [0.25, 0.3) is 5.91 Å². The highest BCUT2D eigenvalue weighted by Gasteiger charge is 2.15. The van der Waals surface area contributed by atoms with Crippen LogP contribution in [0.1, 0.15) is 6.92 Å². The summed E-state index contributed by atoms with van der Waals surface area (Å²) in [6.45, 7) is 1.72. The van der Waals surface area contributed by atoms with Crippen LogP contribution in [-0.2, 0) is 4.79 Å². The Balaban J connectivity index is 1.61. The lowest BCUT2D eigenvalue weighted by atomic mass is 10.1. The number of hydrogen-bond acceptors (Lipinski definition) is 3. The van der Waals surface area contributed by atoms with Crippen molar-refractivity contribution in [1.29, 1.82) is 0 Å². The Bertz CT molecular complexity index is 860. The SMILES string of the molecule is COc1cccc(NC(=O)C(C)Oc2ccc(-c3ccccc3)cc2)c1. The first-order valence-electron chi connectivity index (χ1n) is 8.43. The van der Waals surface area contributed by atoms with Crippen molar-refractivity contribution in [3.8, 4) is 22.6 Å². The molecule has 1 atom stereocenters. The molecule has 0 radical (unpaired) electrons. The Labute approximate surface area is 153 Å². The molecule has 0 heterocycles. The van der Waals surface area contributed by atoms with Crippen LogP contribution >= 0.6 is 0 Å². The summed E-state index contributed by atoms with van der Waals surface area (Å²) >= 11 is 0. The Morgan fingerprint density at radius 1 is 0.846 bits per heavy atom. The van der Waals surface area contributed by atoms with E-state index >= 15 is 0 Å². The maximum absolute atomic E-state index is 12.3. The molecule has 3 rings (SSSR count). The number of anilines is 1. The number of ether oxygens (including phenoxy) is 2. The van der Waals surface area contributed by atoms with Crippen molar-refractivity contribution in [3.63, 3.8) is 0 Å². The molecular formula is C22H21NO3. The zero-order valence-electron chi connectivity index (χ0n) is 14.8. The molecule has 132 valence electrons. The van der Waals surface area contributed by atoms with Crippen molar-refractivity contribution in [2.45, 2.75) is 13.0 Å². The highest BCUT2D eigenvalue weighted by molar-refractivity contribution is 5.94. The maximum Gasteiger partial charge on any atom is 0.265 e. The molecule has 1 N–H and O–H groups in total. The normalized spacial score (nSPS) is 11.5. The zero-order valence-corrected chi connectivity index (χ0v) is 14.8. The molecule has 1 amide bonds. The van der Waals surface area contributed by atoms with Crippen LogP contribution in [-0.4, -0.2) is 19.1 Å². The van der Waals surface area contributed by atoms with Gasteiger partial charge in [-0.15, -0.1) is 0 Å². The lowest BCUT2D eigenvalue weighted by Crippen LogP contribution is -2.30. The second-order valence-electron chi connectivity index (χ2n) is 5.87. The maximum atomic E-state index is 12.3. The van der Waals surface area contributed by atoms with Crippen molar-refractivity contribution >= 4 is 11.6 Å². The van der Waals surface area contributed by atoms with Crippen molar-refractivity contribution < 1.29 is 14.3 Å². The molecule has 4 nitrogen and oxygen atoms in total. The fourth-order valence-electron chi connectivity index (χ4n) is 2.56. The summed E-state index contributed by atoms with van der Waals surface area (Å²) < 4.78 is 10.9. The van der Waals surface area contributed by atoms with Gasteiger partial charge in [0.15, 0.2) is 6.10 Å². The van der Waals surface area contributed by atoms with Gasteiger partial charge in [-0.3, -0.25) is 4.79 Å². The molecule has 1 unspecified atom stereocenters. The summed E-state index contributed by atoms with van der Waals surface area (Å²) in [6.07, 6.45) is -0.622. The third-order valence-electron chi connectivity index (χ3n) is 3.98. The highest BCUT2D eigenvalue weighted by atomic mass is 16.5. The molecule has 0 aromatic heterocycles. The first-order valence-corrected chi connectivity index (χ1v) is 8.43. The van der Waals surface area contributed by atoms with Gasteiger partial charge in [0.1, 0.15) is 11.5 Å². The largest absolute Gasteiger partial charge is 0.497 e. The molecule has 0 saturated carbocycles. The number of methoxy groups -OCH3 is 1. The predicted molar refractivity (Wildman–Crippen MR) is 104 cm³/mol. The number of hydrogen-bond donors (Lipinski definition) is 1. The fourth-order valence-corrected chi connectivity index (χ4v) is 2.56. The summed E-state index contributed by atoms with van der Waals surface area (Å²) in [4.78, 5) is 12.3. The van der Waals surface area contributed by atoms with Gasteiger partial charge in [0.2, 0.25) is 0 Å². The average Bonchev–Trinajstić information content (AvgIpc) is 2.69. The molecule has 0 aliphatic carbocycles. The van der Waals surface area contributed by atoms with Crippen LogP contribution in [0.25, 0.3) is 11.1 Å². The minimum Gasteiger partial charge on any atom is -0.497 e. The van der Waals surface area contributed by atoms with Crippen LogP contribution in [0.4, 0.5) is 5.69 Å². The van der Waals surface area contributed by atoms with E-state index in [-0.39, 0.29) is 5.91 Å². The Hall–Kier alpha value is -3.27. The van der Waals surface area contributed by atoms with Crippen LogP contribution in [0, 0.1) is 0 Å². The number of amides is 1. The van der Waals surface area contributed by atoms with E-state index in [4.69, 9.17) is 9.47 Å². The summed E-state index contributed by atoms with van der Waals surface area (Å²) in [5.41, 5.74) is 2.92. The van der Waals surface area contributed by atoms with Gasteiger partial charge in [-0.05, 0) is 42.3 Å². The average molecular weight is 347 g/mol. The van der Waals surface area contributed by atoms with Crippen LogP contribution in [0.2, 0.25) is 0 Å². The lowest BCUT2D eigenvalue weighted by Gasteiger charge is -2.15. The van der Waals surface area contributed by atoms with E-state index in [0.717, 1.165) is 11.1 Å². The van der Waals surface area contributed by atoms with Crippen LogP contribution in [0.5, 0.6) is 11.5 Å². The molecule has 0 spiro atoms. The van der Waals surface area contributed by atoms with Gasteiger partial charge in [-0.1, -0.05) is 48.5 Å². The van der Waals surface area contributed by atoms with Crippen molar-refractivity contribution in [2.75, 3.05) is 12.4 Å². The molecule has 4 heteroatoms. The highest BCUT2D eigenvalue weighted by Crippen LogP contribution is 2.23. The lowest BCUT2D eigenvalue weighted by molar-refractivity contribution is -0.122.